The molecule has 0 aromatic heterocycles. The molecule has 0 radical (unpaired) electrons. The predicted molar refractivity (Wildman–Crippen MR) is 94.4 cm³/mol. The van der Waals surface area contributed by atoms with Crippen molar-refractivity contribution in [2.75, 3.05) is 12.8 Å². The first-order chi connectivity index (χ1) is 10.9. The predicted octanol–water partition coefficient (Wildman–Crippen LogP) is 2.49. The van der Waals surface area contributed by atoms with Gasteiger partial charge in [0.15, 0.2) is 9.84 Å². The number of benzene rings is 1. The highest BCUT2D eigenvalue weighted by atomic mass is 32.2. The third-order valence-corrected chi connectivity index (χ3v) is 6.44. The van der Waals surface area contributed by atoms with E-state index in [0.717, 1.165) is 25.7 Å². The van der Waals surface area contributed by atoms with Gasteiger partial charge in [-0.3, -0.25) is 0 Å². The molecule has 2 rings (SSSR count). The van der Waals surface area contributed by atoms with Crippen molar-refractivity contribution >= 4 is 9.84 Å². The fourth-order valence-corrected chi connectivity index (χ4v) is 5.03. The molecule has 0 spiro atoms. The summed E-state index contributed by atoms with van der Waals surface area (Å²) in [6, 6.07) is 10.2. The van der Waals surface area contributed by atoms with Crippen molar-refractivity contribution < 1.29 is 13.5 Å². The molecule has 1 aromatic carbocycles. The van der Waals surface area contributed by atoms with Crippen molar-refractivity contribution in [3.8, 4) is 0 Å². The molecular weight excluding hydrogens is 310 g/mol. The molecule has 130 valence electrons. The summed E-state index contributed by atoms with van der Waals surface area (Å²) in [6.07, 6.45) is 5.38. The molecule has 4 nitrogen and oxygen atoms in total. The van der Waals surface area contributed by atoms with Gasteiger partial charge in [-0.15, -0.1) is 0 Å². The first kappa shape index (κ1) is 18.4. The number of hydrogen-bond acceptors (Lipinski definition) is 4. The summed E-state index contributed by atoms with van der Waals surface area (Å²) in [5.41, 5.74) is 1.19. The molecule has 4 atom stereocenters. The SMILES string of the molecule is CC(O)CC(CNC1CCCCC1S(C)(=O)=O)c1ccccc1. The molecule has 1 aliphatic carbocycles. The van der Waals surface area contributed by atoms with Gasteiger partial charge in [0, 0.05) is 18.8 Å². The number of rotatable bonds is 7. The second kappa shape index (κ2) is 8.27. The maximum absolute atomic E-state index is 12.0. The highest BCUT2D eigenvalue weighted by molar-refractivity contribution is 7.91. The Morgan fingerprint density at radius 1 is 1.22 bits per heavy atom. The molecule has 23 heavy (non-hydrogen) atoms. The van der Waals surface area contributed by atoms with Crippen LogP contribution in [0.3, 0.4) is 0 Å². The number of nitrogens with one attached hydrogen (secondary N) is 1. The topological polar surface area (TPSA) is 66.4 Å². The van der Waals surface area contributed by atoms with E-state index in [4.69, 9.17) is 0 Å². The van der Waals surface area contributed by atoms with Crippen molar-refractivity contribution in [1.82, 2.24) is 5.32 Å². The van der Waals surface area contributed by atoms with E-state index < -0.39 is 9.84 Å². The smallest absolute Gasteiger partial charge is 0.151 e. The maximum atomic E-state index is 12.0. The van der Waals surface area contributed by atoms with Crippen LogP contribution in [0.2, 0.25) is 0 Å². The van der Waals surface area contributed by atoms with E-state index in [0.29, 0.717) is 13.0 Å². The van der Waals surface area contributed by atoms with Gasteiger partial charge >= 0.3 is 0 Å². The molecule has 0 heterocycles. The lowest BCUT2D eigenvalue weighted by Crippen LogP contribution is -2.47. The standard InChI is InChI=1S/C18H29NO3S/c1-14(20)12-16(15-8-4-3-5-9-15)13-19-17-10-6-7-11-18(17)23(2,21)22/h3-5,8-9,14,16-20H,6-7,10-13H2,1-2H3. The zero-order chi connectivity index (χ0) is 16.9. The van der Waals surface area contributed by atoms with Crippen LogP contribution in [0, 0.1) is 0 Å². The van der Waals surface area contributed by atoms with E-state index in [2.05, 4.69) is 17.4 Å². The van der Waals surface area contributed by atoms with E-state index in [1.54, 1.807) is 6.92 Å². The van der Waals surface area contributed by atoms with E-state index in [1.165, 1.54) is 11.8 Å². The minimum atomic E-state index is -3.02. The van der Waals surface area contributed by atoms with Gasteiger partial charge in [-0.25, -0.2) is 8.42 Å². The van der Waals surface area contributed by atoms with Crippen LogP contribution in [0.15, 0.2) is 30.3 Å². The summed E-state index contributed by atoms with van der Waals surface area (Å²) in [6.45, 7) is 2.50. The van der Waals surface area contributed by atoms with Crippen molar-refractivity contribution in [1.29, 1.82) is 0 Å². The van der Waals surface area contributed by atoms with Gasteiger partial charge in [0.25, 0.3) is 0 Å². The molecule has 1 aliphatic rings. The highest BCUT2D eigenvalue weighted by Crippen LogP contribution is 2.26. The lowest BCUT2D eigenvalue weighted by molar-refractivity contribution is 0.172. The summed E-state index contributed by atoms with van der Waals surface area (Å²) >= 11 is 0. The minimum Gasteiger partial charge on any atom is -0.393 e. The Kier molecular flexibility index (Phi) is 6.62. The quantitative estimate of drug-likeness (QED) is 0.801. The minimum absolute atomic E-state index is 0.0268. The Balaban J connectivity index is 2.05. The van der Waals surface area contributed by atoms with Gasteiger partial charge < -0.3 is 10.4 Å². The number of hydrogen-bond donors (Lipinski definition) is 2. The van der Waals surface area contributed by atoms with Crippen LogP contribution in [0.5, 0.6) is 0 Å². The lowest BCUT2D eigenvalue weighted by Gasteiger charge is -2.32. The first-order valence-corrected chi connectivity index (χ1v) is 10.5. The Labute approximate surface area is 140 Å². The van der Waals surface area contributed by atoms with Crippen LogP contribution < -0.4 is 5.32 Å². The van der Waals surface area contributed by atoms with E-state index >= 15 is 0 Å². The molecule has 0 bridgehead atoms. The molecule has 1 aromatic rings. The van der Waals surface area contributed by atoms with E-state index in [9.17, 15) is 13.5 Å². The second-order valence-electron chi connectivity index (χ2n) is 6.86. The van der Waals surface area contributed by atoms with Gasteiger partial charge in [0.1, 0.15) is 0 Å². The van der Waals surface area contributed by atoms with Crippen LogP contribution >= 0.6 is 0 Å². The summed E-state index contributed by atoms with van der Waals surface area (Å²) in [5.74, 6) is 0.193. The first-order valence-electron chi connectivity index (χ1n) is 8.53. The molecule has 5 heteroatoms. The largest absolute Gasteiger partial charge is 0.393 e. The van der Waals surface area contributed by atoms with Crippen LogP contribution in [0.1, 0.15) is 50.5 Å². The number of aliphatic hydroxyl groups is 1. The van der Waals surface area contributed by atoms with Gasteiger partial charge in [-0.05, 0) is 37.7 Å². The summed E-state index contributed by atoms with van der Waals surface area (Å²) in [5, 5.41) is 13.0. The zero-order valence-electron chi connectivity index (χ0n) is 14.1. The van der Waals surface area contributed by atoms with Crippen molar-refractivity contribution in [3.63, 3.8) is 0 Å². The second-order valence-corrected chi connectivity index (χ2v) is 9.12. The monoisotopic (exact) mass is 339 g/mol. The maximum Gasteiger partial charge on any atom is 0.151 e. The van der Waals surface area contributed by atoms with Crippen LogP contribution in [0.4, 0.5) is 0 Å². The molecular formula is C18H29NO3S. The van der Waals surface area contributed by atoms with Gasteiger partial charge in [0.2, 0.25) is 0 Å². The van der Waals surface area contributed by atoms with Crippen molar-refractivity contribution in [2.45, 2.75) is 62.3 Å². The van der Waals surface area contributed by atoms with Crippen molar-refractivity contribution in [3.05, 3.63) is 35.9 Å². The van der Waals surface area contributed by atoms with Crippen LogP contribution in [-0.2, 0) is 9.84 Å². The summed E-state index contributed by atoms with van der Waals surface area (Å²) in [4.78, 5) is 0. The van der Waals surface area contributed by atoms with E-state index in [-0.39, 0.29) is 23.3 Å². The van der Waals surface area contributed by atoms with Crippen molar-refractivity contribution in [2.24, 2.45) is 0 Å². The highest BCUT2D eigenvalue weighted by Gasteiger charge is 2.32. The third-order valence-electron chi connectivity index (χ3n) is 4.78. The Hall–Kier alpha value is -0.910. The molecule has 0 aliphatic heterocycles. The summed E-state index contributed by atoms with van der Waals surface area (Å²) in [7, 11) is -3.02. The van der Waals surface area contributed by atoms with E-state index in [1.807, 2.05) is 18.2 Å². The molecule has 2 N–H and O–H groups in total. The third kappa shape index (κ3) is 5.59. The molecule has 1 fully saturated rings. The van der Waals surface area contributed by atoms with Gasteiger partial charge in [-0.2, -0.15) is 0 Å². The average Bonchev–Trinajstić information content (AvgIpc) is 2.51. The fourth-order valence-electron chi connectivity index (χ4n) is 3.61. The number of aliphatic hydroxyl groups excluding tert-OH is 1. The molecule has 0 saturated heterocycles. The summed E-state index contributed by atoms with van der Waals surface area (Å²) < 4.78 is 24.0. The normalized spacial score (nSPS) is 25.0. The number of sulfone groups is 1. The lowest BCUT2D eigenvalue weighted by atomic mass is 9.91. The molecule has 0 amide bonds. The van der Waals surface area contributed by atoms with Crippen LogP contribution in [0.25, 0.3) is 0 Å². The Bertz CT molecular complexity index is 571. The van der Waals surface area contributed by atoms with Crippen LogP contribution in [-0.4, -0.2) is 43.7 Å². The molecule has 4 unspecified atom stereocenters. The molecule has 1 saturated carbocycles. The Morgan fingerprint density at radius 2 is 1.87 bits per heavy atom. The average molecular weight is 340 g/mol. The Morgan fingerprint density at radius 3 is 2.48 bits per heavy atom. The van der Waals surface area contributed by atoms with Gasteiger partial charge in [0.05, 0.1) is 11.4 Å². The zero-order valence-corrected chi connectivity index (χ0v) is 14.9. The van der Waals surface area contributed by atoms with Gasteiger partial charge in [-0.1, -0.05) is 43.2 Å². The fraction of sp³-hybridized carbons (Fsp3) is 0.667.